The Kier molecular flexibility index (Phi) is 4.13. The third-order valence-corrected chi connectivity index (χ3v) is 4.70. The SMILES string of the molecule is Cc1cc(NC2CCN(Cc3cccc4ccccc34)C2)ncn1. The number of fused-ring (bicyclic) bond motifs is 1. The van der Waals surface area contributed by atoms with Crippen molar-refractivity contribution in [1.82, 2.24) is 14.9 Å². The van der Waals surface area contributed by atoms with Crippen molar-refractivity contribution < 1.29 is 0 Å². The highest BCUT2D eigenvalue weighted by molar-refractivity contribution is 5.85. The first-order chi connectivity index (χ1) is 11.8. The molecule has 0 radical (unpaired) electrons. The van der Waals surface area contributed by atoms with Crippen LogP contribution in [0.25, 0.3) is 10.8 Å². The molecule has 2 heterocycles. The van der Waals surface area contributed by atoms with E-state index in [9.17, 15) is 0 Å². The number of rotatable bonds is 4. The molecule has 2 aromatic carbocycles. The molecule has 4 rings (SSSR count). The maximum absolute atomic E-state index is 4.31. The lowest BCUT2D eigenvalue weighted by atomic mass is 10.0. The highest BCUT2D eigenvalue weighted by Crippen LogP contribution is 2.22. The number of aromatic nitrogens is 2. The van der Waals surface area contributed by atoms with Crippen molar-refractivity contribution in [2.24, 2.45) is 0 Å². The molecule has 1 aliphatic rings. The first-order valence-corrected chi connectivity index (χ1v) is 8.52. The van der Waals surface area contributed by atoms with Gasteiger partial charge in [0.2, 0.25) is 0 Å². The molecule has 1 atom stereocenters. The van der Waals surface area contributed by atoms with Crippen LogP contribution in [-0.2, 0) is 6.54 Å². The molecule has 4 nitrogen and oxygen atoms in total. The highest BCUT2D eigenvalue weighted by atomic mass is 15.2. The van der Waals surface area contributed by atoms with E-state index in [0.29, 0.717) is 6.04 Å². The molecular weight excluding hydrogens is 296 g/mol. The second-order valence-corrected chi connectivity index (χ2v) is 6.55. The second-order valence-electron chi connectivity index (χ2n) is 6.55. The topological polar surface area (TPSA) is 41.0 Å². The maximum atomic E-state index is 4.31. The summed E-state index contributed by atoms with van der Waals surface area (Å²) in [7, 11) is 0. The Morgan fingerprint density at radius 2 is 2.00 bits per heavy atom. The van der Waals surface area contributed by atoms with Crippen LogP contribution in [0.1, 0.15) is 17.7 Å². The van der Waals surface area contributed by atoms with E-state index < -0.39 is 0 Å². The lowest BCUT2D eigenvalue weighted by molar-refractivity contribution is 0.330. The third-order valence-electron chi connectivity index (χ3n) is 4.70. The molecule has 0 bridgehead atoms. The van der Waals surface area contributed by atoms with Gasteiger partial charge in [-0.1, -0.05) is 42.5 Å². The summed E-state index contributed by atoms with van der Waals surface area (Å²) in [6.45, 7) is 5.16. The zero-order chi connectivity index (χ0) is 16.4. The van der Waals surface area contributed by atoms with E-state index in [1.54, 1.807) is 6.33 Å². The van der Waals surface area contributed by atoms with E-state index in [2.05, 4.69) is 62.6 Å². The largest absolute Gasteiger partial charge is 0.366 e. The van der Waals surface area contributed by atoms with Crippen molar-refractivity contribution >= 4 is 16.6 Å². The molecule has 1 unspecified atom stereocenters. The summed E-state index contributed by atoms with van der Waals surface area (Å²) < 4.78 is 0. The average Bonchev–Trinajstić information content (AvgIpc) is 3.02. The van der Waals surface area contributed by atoms with Gasteiger partial charge in [0, 0.05) is 37.4 Å². The van der Waals surface area contributed by atoms with Crippen molar-refractivity contribution in [2.45, 2.75) is 25.9 Å². The Morgan fingerprint density at radius 1 is 1.12 bits per heavy atom. The molecule has 1 fully saturated rings. The van der Waals surface area contributed by atoms with E-state index >= 15 is 0 Å². The fourth-order valence-electron chi connectivity index (χ4n) is 3.51. The minimum atomic E-state index is 0.453. The summed E-state index contributed by atoms with van der Waals surface area (Å²) >= 11 is 0. The predicted octanol–water partition coefficient (Wildman–Crippen LogP) is 3.62. The van der Waals surface area contributed by atoms with Crippen LogP contribution in [-0.4, -0.2) is 34.0 Å². The van der Waals surface area contributed by atoms with Gasteiger partial charge >= 0.3 is 0 Å². The van der Waals surface area contributed by atoms with Crippen LogP contribution in [0.15, 0.2) is 54.9 Å². The van der Waals surface area contributed by atoms with Crippen LogP contribution in [0, 0.1) is 6.92 Å². The quantitative estimate of drug-likeness (QED) is 0.797. The van der Waals surface area contributed by atoms with Gasteiger partial charge in [-0.2, -0.15) is 0 Å². The molecule has 0 aliphatic carbocycles. The Balaban J connectivity index is 1.43. The molecular formula is C20H22N4. The highest BCUT2D eigenvalue weighted by Gasteiger charge is 2.23. The number of hydrogen-bond donors (Lipinski definition) is 1. The number of aryl methyl sites for hydroxylation is 1. The number of nitrogens with zero attached hydrogens (tertiary/aromatic N) is 3. The molecule has 3 aromatic rings. The number of likely N-dealkylation sites (tertiary alicyclic amines) is 1. The summed E-state index contributed by atoms with van der Waals surface area (Å²) in [6.07, 6.45) is 2.77. The minimum absolute atomic E-state index is 0.453. The molecule has 0 saturated carbocycles. The lowest BCUT2D eigenvalue weighted by Gasteiger charge is -2.18. The van der Waals surface area contributed by atoms with E-state index in [-0.39, 0.29) is 0 Å². The Morgan fingerprint density at radius 3 is 2.92 bits per heavy atom. The number of hydrogen-bond acceptors (Lipinski definition) is 4. The van der Waals surface area contributed by atoms with Gasteiger partial charge < -0.3 is 5.32 Å². The summed E-state index contributed by atoms with van der Waals surface area (Å²) in [5.74, 6) is 0.930. The fraction of sp³-hybridized carbons (Fsp3) is 0.300. The molecule has 122 valence electrons. The zero-order valence-electron chi connectivity index (χ0n) is 13.9. The number of benzene rings is 2. The summed E-state index contributed by atoms with van der Waals surface area (Å²) in [5, 5.41) is 6.23. The summed E-state index contributed by atoms with van der Waals surface area (Å²) in [6, 6.07) is 17.7. The van der Waals surface area contributed by atoms with Crippen LogP contribution in [0.3, 0.4) is 0 Å². The van der Waals surface area contributed by atoms with Gasteiger partial charge in [-0.15, -0.1) is 0 Å². The Labute approximate surface area is 142 Å². The molecule has 4 heteroatoms. The first kappa shape index (κ1) is 15.1. The van der Waals surface area contributed by atoms with E-state index in [4.69, 9.17) is 0 Å². The van der Waals surface area contributed by atoms with Crippen LogP contribution in [0.5, 0.6) is 0 Å². The van der Waals surface area contributed by atoms with E-state index in [1.807, 2.05) is 13.0 Å². The summed E-state index contributed by atoms with van der Waals surface area (Å²) in [4.78, 5) is 11.0. The van der Waals surface area contributed by atoms with E-state index in [1.165, 1.54) is 16.3 Å². The van der Waals surface area contributed by atoms with Gasteiger partial charge in [0.05, 0.1) is 0 Å². The van der Waals surface area contributed by atoms with Gasteiger partial charge in [-0.3, -0.25) is 4.90 Å². The van der Waals surface area contributed by atoms with Gasteiger partial charge in [-0.25, -0.2) is 9.97 Å². The standard InChI is InChI=1S/C20H22N4/c1-15-11-20(22-14-21-15)23-18-9-10-24(13-18)12-17-7-4-6-16-5-2-3-8-19(16)17/h2-8,11,14,18H,9-10,12-13H2,1H3,(H,21,22,23). The molecule has 24 heavy (non-hydrogen) atoms. The van der Waals surface area contributed by atoms with Crippen molar-refractivity contribution in [3.05, 3.63) is 66.1 Å². The number of nitrogens with one attached hydrogen (secondary N) is 1. The fourth-order valence-corrected chi connectivity index (χ4v) is 3.51. The molecule has 1 N–H and O–H groups in total. The lowest BCUT2D eigenvalue weighted by Crippen LogP contribution is -2.26. The second kappa shape index (κ2) is 6.57. The monoisotopic (exact) mass is 318 g/mol. The van der Waals surface area contributed by atoms with Crippen LogP contribution >= 0.6 is 0 Å². The predicted molar refractivity (Wildman–Crippen MR) is 98.0 cm³/mol. The van der Waals surface area contributed by atoms with Gasteiger partial charge in [0.1, 0.15) is 12.1 Å². The average molecular weight is 318 g/mol. The van der Waals surface area contributed by atoms with Crippen molar-refractivity contribution in [3.8, 4) is 0 Å². The molecule has 1 aromatic heterocycles. The Bertz CT molecular complexity index is 840. The van der Waals surface area contributed by atoms with Gasteiger partial charge in [-0.05, 0) is 29.7 Å². The van der Waals surface area contributed by atoms with Crippen LogP contribution in [0.2, 0.25) is 0 Å². The molecule has 1 saturated heterocycles. The Hall–Kier alpha value is -2.46. The molecule has 0 amide bonds. The molecule has 0 spiro atoms. The third kappa shape index (κ3) is 3.24. The normalized spacial score (nSPS) is 18.1. The van der Waals surface area contributed by atoms with Crippen molar-refractivity contribution in [1.29, 1.82) is 0 Å². The molecule has 1 aliphatic heterocycles. The van der Waals surface area contributed by atoms with Gasteiger partial charge in [0.25, 0.3) is 0 Å². The number of anilines is 1. The summed E-state index contributed by atoms with van der Waals surface area (Å²) in [5.41, 5.74) is 2.41. The zero-order valence-corrected chi connectivity index (χ0v) is 13.9. The maximum Gasteiger partial charge on any atom is 0.129 e. The smallest absolute Gasteiger partial charge is 0.129 e. The van der Waals surface area contributed by atoms with Gasteiger partial charge in [0.15, 0.2) is 0 Å². The first-order valence-electron chi connectivity index (χ1n) is 8.52. The van der Waals surface area contributed by atoms with Crippen molar-refractivity contribution in [3.63, 3.8) is 0 Å². The van der Waals surface area contributed by atoms with Crippen LogP contribution in [0.4, 0.5) is 5.82 Å². The van der Waals surface area contributed by atoms with Crippen molar-refractivity contribution in [2.75, 3.05) is 18.4 Å². The van der Waals surface area contributed by atoms with Crippen LogP contribution < -0.4 is 5.32 Å². The minimum Gasteiger partial charge on any atom is -0.366 e. The van der Waals surface area contributed by atoms with E-state index in [0.717, 1.165) is 37.6 Å².